The number of nitrogens with one attached hydrogen (secondary N) is 1. The molecule has 6 nitrogen and oxygen atoms in total. The van der Waals surface area contributed by atoms with Crippen LogP contribution in [0.5, 0.6) is 0 Å². The van der Waals surface area contributed by atoms with Crippen LogP contribution in [0.4, 0.5) is 5.69 Å². The van der Waals surface area contributed by atoms with Gasteiger partial charge in [0, 0.05) is 25.3 Å². The predicted octanol–water partition coefficient (Wildman–Crippen LogP) is 2.72. The third-order valence-electron chi connectivity index (χ3n) is 4.73. The van der Waals surface area contributed by atoms with E-state index in [4.69, 9.17) is 5.73 Å². The van der Waals surface area contributed by atoms with Crippen LogP contribution in [-0.2, 0) is 27.8 Å². The van der Waals surface area contributed by atoms with Crippen molar-refractivity contribution in [2.45, 2.75) is 37.1 Å². The Morgan fingerprint density at radius 2 is 1.64 bits per heavy atom. The summed E-state index contributed by atoms with van der Waals surface area (Å²) >= 11 is 0. The Hall–Kier alpha value is -2.09. The van der Waals surface area contributed by atoms with Gasteiger partial charge in [0.2, 0.25) is 15.9 Å². The van der Waals surface area contributed by atoms with Gasteiger partial charge in [0.25, 0.3) is 0 Å². The van der Waals surface area contributed by atoms with Crippen molar-refractivity contribution in [2.75, 3.05) is 18.8 Å². The van der Waals surface area contributed by atoms with Crippen LogP contribution in [0, 0.1) is 0 Å². The molecule has 0 unspecified atom stereocenters. The van der Waals surface area contributed by atoms with Crippen LogP contribution in [0.25, 0.3) is 0 Å². The number of rotatable bonds is 6. The smallest absolute Gasteiger partial charge is 0.243 e. The van der Waals surface area contributed by atoms with Gasteiger partial charge >= 0.3 is 0 Å². The molecule has 0 spiro atoms. The molecular formula is C20H26ClN3O3S. The average Bonchev–Trinajstić information content (AvgIpc) is 2.69. The first-order valence-corrected chi connectivity index (χ1v) is 10.6. The van der Waals surface area contributed by atoms with E-state index >= 15 is 0 Å². The normalized spacial score (nSPS) is 14.9. The van der Waals surface area contributed by atoms with E-state index in [1.54, 1.807) is 40.7 Å². The molecule has 28 heavy (non-hydrogen) atoms. The molecule has 2 aromatic carbocycles. The number of nitrogens with zero attached hydrogens (tertiary/aromatic N) is 1. The van der Waals surface area contributed by atoms with Crippen molar-refractivity contribution in [3.05, 3.63) is 59.7 Å². The Morgan fingerprint density at radius 3 is 2.32 bits per heavy atom. The zero-order valence-corrected chi connectivity index (χ0v) is 17.3. The van der Waals surface area contributed by atoms with Gasteiger partial charge in [-0.15, -0.1) is 12.4 Å². The van der Waals surface area contributed by atoms with Crippen LogP contribution in [-0.4, -0.2) is 31.7 Å². The van der Waals surface area contributed by atoms with E-state index < -0.39 is 10.0 Å². The monoisotopic (exact) mass is 423 g/mol. The fourth-order valence-corrected chi connectivity index (χ4v) is 4.96. The fourth-order valence-electron chi connectivity index (χ4n) is 3.22. The molecule has 0 aliphatic carbocycles. The van der Waals surface area contributed by atoms with E-state index in [1.807, 2.05) is 12.1 Å². The second-order valence-corrected chi connectivity index (χ2v) is 8.67. The van der Waals surface area contributed by atoms with E-state index in [2.05, 4.69) is 5.32 Å². The first kappa shape index (κ1) is 22.2. The van der Waals surface area contributed by atoms with Crippen LogP contribution >= 0.6 is 12.4 Å². The molecule has 1 saturated heterocycles. The summed E-state index contributed by atoms with van der Waals surface area (Å²) in [4.78, 5) is 12.5. The summed E-state index contributed by atoms with van der Waals surface area (Å²) in [5.74, 6) is -0.162. The van der Waals surface area contributed by atoms with Gasteiger partial charge in [-0.2, -0.15) is 4.31 Å². The van der Waals surface area contributed by atoms with Gasteiger partial charge in [-0.3, -0.25) is 4.79 Å². The Bertz CT molecular complexity index is 895. The molecule has 1 aliphatic rings. The molecule has 152 valence electrons. The van der Waals surface area contributed by atoms with Crippen molar-refractivity contribution in [3.63, 3.8) is 0 Å². The molecule has 1 aliphatic heterocycles. The highest BCUT2D eigenvalue weighted by Crippen LogP contribution is 2.23. The second-order valence-electron chi connectivity index (χ2n) is 6.77. The van der Waals surface area contributed by atoms with Gasteiger partial charge in [0.1, 0.15) is 0 Å². The van der Waals surface area contributed by atoms with Crippen LogP contribution in [0.3, 0.4) is 0 Å². The largest absolute Gasteiger partial charge is 0.399 e. The summed E-state index contributed by atoms with van der Waals surface area (Å²) < 4.78 is 27.5. The molecule has 3 rings (SSSR count). The molecule has 1 fully saturated rings. The molecular weight excluding hydrogens is 398 g/mol. The molecule has 3 N–H and O–H groups in total. The van der Waals surface area contributed by atoms with Crippen LogP contribution in [0.1, 0.15) is 30.4 Å². The number of benzene rings is 2. The Kier molecular flexibility index (Phi) is 7.86. The van der Waals surface area contributed by atoms with Crippen LogP contribution < -0.4 is 11.1 Å². The summed E-state index contributed by atoms with van der Waals surface area (Å²) in [5.41, 5.74) is 7.76. The van der Waals surface area contributed by atoms with Crippen molar-refractivity contribution in [3.8, 4) is 0 Å². The van der Waals surface area contributed by atoms with E-state index in [0.717, 1.165) is 24.8 Å². The third-order valence-corrected chi connectivity index (χ3v) is 6.72. The minimum Gasteiger partial charge on any atom is -0.399 e. The number of piperidine rings is 1. The van der Waals surface area contributed by atoms with Crippen molar-refractivity contribution in [2.24, 2.45) is 0 Å². The van der Waals surface area contributed by atoms with E-state index in [-0.39, 0.29) is 36.2 Å². The zero-order chi connectivity index (χ0) is 19.3. The minimum atomic E-state index is -3.54. The third kappa shape index (κ3) is 5.47. The van der Waals surface area contributed by atoms with Crippen molar-refractivity contribution in [1.82, 2.24) is 9.62 Å². The van der Waals surface area contributed by atoms with Gasteiger partial charge < -0.3 is 11.1 Å². The maximum Gasteiger partial charge on any atom is 0.243 e. The number of amides is 1. The van der Waals surface area contributed by atoms with Gasteiger partial charge in [-0.1, -0.05) is 36.8 Å². The molecule has 0 radical (unpaired) electrons. The number of carbonyl (C=O) groups is 1. The lowest BCUT2D eigenvalue weighted by molar-refractivity contribution is -0.120. The lowest BCUT2D eigenvalue weighted by Gasteiger charge is -2.26. The first-order valence-electron chi connectivity index (χ1n) is 9.16. The second kappa shape index (κ2) is 9.91. The van der Waals surface area contributed by atoms with Crippen molar-refractivity contribution < 1.29 is 13.2 Å². The maximum absolute atomic E-state index is 13.0. The molecule has 1 heterocycles. The number of carbonyl (C=O) groups excluding carboxylic acids is 1. The number of nitrogens with two attached hydrogens (primary N) is 1. The van der Waals surface area contributed by atoms with Crippen molar-refractivity contribution in [1.29, 1.82) is 0 Å². The number of halogens is 1. The van der Waals surface area contributed by atoms with E-state index in [1.165, 1.54) is 0 Å². The number of anilines is 1. The van der Waals surface area contributed by atoms with Gasteiger partial charge in [-0.05, 0) is 42.2 Å². The SMILES string of the molecule is Cl.Nc1ccc(CC(=O)NCc2ccccc2S(=O)(=O)N2CCCCC2)cc1. The average molecular weight is 424 g/mol. The number of hydrogen-bond donors (Lipinski definition) is 2. The molecule has 0 bridgehead atoms. The molecule has 1 amide bonds. The van der Waals surface area contributed by atoms with Crippen LogP contribution in [0.15, 0.2) is 53.4 Å². The topological polar surface area (TPSA) is 92.5 Å². The lowest BCUT2D eigenvalue weighted by Crippen LogP contribution is -2.36. The molecule has 0 saturated carbocycles. The fraction of sp³-hybridized carbons (Fsp3) is 0.350. The molecule has 0 aromatic heterocycles. The summed E-state index contributed by atoms with van der Waals surface area (Å²) in [5, 5.41) is 2.82. The van der Waals surface area contributed by atoms with Crippen molar-refractivity contribution >= 4 is 34.0 Å². The quantitative estimate of drug-likeness (QED) is 0.698. The summed E-state index contributed by atoms with van der Waals surface area (Å²) in [6.45, 7) is 1.29. The van der Waals surface area contributed by atoms with Gasteiger partial charge in [-0.25, -0.2) is 8.42 Å². The highest BCUT2D eigenvalue weighted by molar-refractivity contribution is 7.89. The standard InChI is InChI=1S/C20H25N3O3S.ClH/c21-18-10-8-16(9-11-18)14-20(24)22-15-17-6-2-3-7-19(17)27(25,26)23-12-4-1-5-13-23;/h2-3,6-11H,1,4-5,12-15,21H2,(H,22,24);1H. The first-order chi connectivity index (χ1) is 13.0. The highest BCUT2D eigenvalue weighted by atomic mass is 35.5. The lowest BCUT2D eigenvalue weighted by atomic mass is 10.1. The Labute approximate surface area is 172 Å². The van der Waals surface area contributed by atoms with Gasteiger partial charge in [0.05, 0.1) is 11.3 Å². The Balaban J connectivity index is 0.00000280. The maximum atomic E-state index is 13.0. The zero-order valence-electron chi connectivity index (χ0n) is 15.6. The summed E-state index contributed by atoms with van der Waals surface area (Å²) in [6.07, 6.45) is 3.07. The van der Waals surface area contributed by atoms with E-state index in [9.17, 15) is 13.2 Å². The molecule has 0 atom stereocenters. The summed E-state index contributed by atoms with van der Waals surface area (Å²) in [6, 6.07) is 14.0. The van der Waals surface area contributed by atoms with Gasteiger partial charge in [0.15, 0.2) is 0 Å². The molecule has 8 heteroatoms. The van der Waals surface area contributed by atoms with Crippen LogP contribution in [0.2, 0.25) is 0 Å². The number of nitrogen functional groups attached to an aromatic ring is 1. The number of sulfonamides is 1. The summed E-state index contributed by atoms with van der Waals surface area (Å²) in [7, 11) is -3.54. The highest BCUT2D eigenvalue weighted by Gasteiger charge is 2.27. The Morgan fingerprint density at radius 1 is 1.00 bits per heavy atom. The number of hydrogen-bond acceptors (Lipinski definition) is 4. The minimum absolute atomic E-state index is 0. The van der Waals surface area contributed by atoms with E-state index in [0.29, 0.717) is 24.3 Å². The predicted molar refractivity (Wildman–Crippen MR) is 113 cm³/mol. The molecule has 2 aromatic rings.